The van der Waals surface area contributed by atoms with Crippen molar-refractivity contribution in [1.29, 1.82) is 0 Å². The molecule has 0 bridgehead atoms. The number of aromatic nitrogens is 2. The lowest BCUT2D eigenvalue weighted by atomic mass is 10.2. The molecule has 0 aliphatic carbocycles. The monoisotopic (exact) mass is 294 g/mol. The van der Waals surface area contributed by atoms with Gasteiger partial charge in [-0.1, -0.05) is 11.6 Å². The van der Waals surface area contributed by atoms with Crippen LogP contribution in [0.25, 0.3) is 10.9 Å². The van der Waals surface area contributed by atoms with Crippen molar-refractivity contribution in [3.63, 3.8) is 0 Å². The largest absolute Gasteiger partial charge is 0.348 e. The molecule has 0 aliphatic heterocycles. The van der Waals surface area contributed by atoms with Crippen LogP contribution in [0.5, 0.6) is 0 Å². The highest BCUT2D eigenvalue weighted by molar-refractivity contribution is 6.31. The molecule has 1 heterocycles. The highest BCUT2D eigenvalue weighted by Crippen LogP contribution is 2.14. The molecule has 0 atom stereocenters. The van der Waals surface area contributed by atoms with Crippen LogP contribution in [0, 0.1) is 0 Å². The van der Waals surface area contributed by atoms with E-state index in [2.05, 4.69) is 15.3 Å². The van der Waals surface area contributed by atoms with Crippen LogP contribution in [-0.4, -0.2) is 41.4 Å². The molecule has 6 nitrogen and oxygen atoms in total. The number of amides is 1. The molecule has 0 saturated carbocycles. The molecular formula is C13H15ClN4O2. The lowest BCUT2D eigenvalue weighted by Gasteiger charge is -2.10. The van der Waals surface area contributed by atoms with Gasteiger partial charge >= 0.3 is 0 Å². The van der Waals surface area contributed by atoms with Gasteiger partial charge in [-0.2, -0.15) is 0 Å². The topological polar surface area (TPSA) is 78.1 Å². The minimum Gasteiger partial charge on any atom is -0.348 e. The van der Waals surface area contributed by atoms with Crippen molar-refractivity contribution in [2.45, 2.75) is 6.54 Å². The van der Waals surface area contributed by atoms with Gasteiger partial charge in [0.05, 0.1) is 24.0 Å². The van der Waals surface area contributed by atoms with Gasteiger partial charge in [-0.25, -0.2) is 4.98 Å². The summed E-state index contributed by atoms with van der Waals surface area (Å²) >= 11 is 5.89. The molecule has 0 aliphatic rings. The van der Waals surface area contributed by atoms with Gasteiger partial charge in [0.1, 0.15) is 5.82 Å². The number of carbonyl (C=O) groups is 1. The summed E-state index contributed by atoms with van der Waals surface area (Å²) in [6, 6.07) is 4.92. The lowest BCUT2D eigenvalue weighted by molar-refractivity contribution is -0.127. The third-order valence-corrected chi connectivity index (χ3v) is 3.02. The van der Waals surface area contributed by atoms with Crippen LogP contribution in [0.15, 0.2) is 23.0 Å². The predicted octanol–water partition coefficient (Wildman–Crippen LogP) is 0.754. The summed E-state index contributed by atoms with van der Waals surface area (Å²) in [5, 5.41) is 3.95. The van der Waals surface area contributed by atoms with Gasteiger partial charge in [0.2, 0.25) is 5.91 Å². The zero-order valence-electron chi connectivity index (χ0n) is 11.2. The van der Waals surface area contributed by atoms with E-state index >= 15 is 0 Å². The van der Waals surface area contributed by atoms with Gasteiger partial charge in [-0.05, 0) is 18.2 Å². The lowest BCUT2D eigenvalue weighted by Crippen LogP contribution is -2.33. The number of aromatic amines is 1. The fourth-order valence-electron chi connectivity index (χ4n) is 1.69. The van der Waals surface area contributed by atoms with Crippen molar-refractivity contribution in [3.05, 3.63) is 39.4 Å². The maximum atomic E-state index is 11.9. The van der Waals surface area contributed by atoms with Crippen molar-refractivity contribution >= 4 is 28.4 Å². The number of fused-ring (bicyclic) bond motifs is 1. The Bertz CT molecular complexity index is 696. The molecule has 0 saturated heterocycles. The van der Waals surface area contributed by atoms with Gasteiger partial charge < -0.3 is 15.2 Å². The average molecular weight is 295 g/mol. The summed E-state index contributed by atoms with van der Waals surface area (Å²) in [6.07, 6.45) is 0. The van der Waals surface area contributed by atoms with E-state index in [0.717, 1.165) is 0 Å². The number of benzene rings is 1. The zero-order chi connectivity index (χ0) is 14.7. The maximum Gasteiger partial charge on any atom is 0.258 e. The van der Waals surface area contributed by atoms with Crippen LogP contribution in [0.4, 0.5) is 0 Å². The first-order chi connectivity index (χ1) is 9.47. The van der Waals surface area contributed by atoms with Gasteiger partial charge in [-0.3, -0.25) is 9.59 Å². The highest BCUT2D eigenvalue weighted by Gasteiger charge is 2.06. The Morgan fingerprint density at radius 3 is 2.90 bits per heavy atom. The van der Waals surface area contributed by atoms with Gasteiger partial charge in [0.25, 0.3) is 5.56 Å². The van der Waals surface area contributed by atoms with Crippen LogP contribution in [-0.2, 0) is 11.3 Å². The second-order valence-electron chi connectivity index (χ2n) is 4.57. The average Bonchev–Trinajstić information content (AvgIpc) is 2.37. The van der Waals surface area contributed by atoms with Crippen LogP contribution in [0.3, 0.4) is 0 Å². The Morgan fingerprint density at radius 1 is 1.45 bits per heavy atom. The molecule has 0 radical (unpaired) electrons. The van der Waals surface area contributed by atoms with E-state index in [9.17, 15) is 9.59 Å². The molecule has 2 aromatic rings. The molecular weight excluding hydrogens is 280 g/mol. The molecule has 1 aromatic heterocycles. The number of rotatable bonds is 4. The van der Waals surface area contributed by atoms with Crippen LogP contribution in [0.2, 0.25) is 5.02 Å². The molecule has 2 rings (SSSR count). The van der Waals surface area contributed by atoms with Crippen molar-refractivity contribution in [2.75, 3.05) is 20.6 Å². The van der Waals surface area contributed by atoms with E-state index in [0.29, 0.717) is 28.3 Å². The van der Waals surface area contributed by atoms with Crippen molar-refractivity contribution in [3.8, 4) is 0 Å². The normalized spacial score (nSPS) is 10.8. The highest BCUT2D eigenvalue weighted by atomic mass is 35.5. The molecule has 106 valence electrons. The molecule has 2 N–H and O–H groups in total. The second kappa shape index (κ2) is 6.02. The molecule has 0 fully saturated rings. The Labute approximate surface area is 120 Å². The Morgan fingerprint density at radius 2 is 2.20 bits per heavy atom. The number of carbonyl (C=O) groups excluding carboxylic acids is 1. The van der Waals surface area contributed by atoms with E-state index in [1.807, 2.05) is 0 Å². The molecule has 1 aromatic carbocycles. The van der Waals surface area contributed by atoms with Gasteiger partial charge in [0.15, 0.2) is 0 Å². The smallest absolute Gasteiger partial charge is 0.258 e. The Kier molecular flexibility index (Phi) is 4.36. The number of nitrogens with one attached hydrogen (secondary N) is 2. The number of hydrogen-bond acceptors (Lipinski definition) is 4. The van der Waals surface area contributed by atoms with Crippen molar-refractivity contribution in [2.24, 2.45) is 0 Å². The number of likely N-dealkylation sites (N-methyl/N-ethyl adjacent to an activating group) is 1. The van der Waals surface area contributed by atoms with E-state index < -0.39 is 0 Å². The van der Waals surface area contributed by atoms with Gasteiger partial charge in [0, 0.05) is 19.1 Å². The van der Waals surface area contributed by atoms with E-state index in [1.165, 1.54) is 4.90 Å². The van der Waals surface area contributed by atoms with Crippen LogP contribution in [0.1, 0.15) is 5.82 Å². The van der Waals surface area contributed by atoms with E-state index in [-0.39, 0.29) is 18.0 Å². The quantitative estimate of drug-likeness (QED) is 0.872. The van der Waals surface area contributed by atoms with Crippen LogP contribution < -0.4 is 10.9 Å². The summed E-state index contributed by atoms with van der Waals surface area (Å²) in [5.41, 5.74) is 0.319. The molecule has 1 amide bonds. The minimum atomic E-state index is -0.220. The summed E-state index contributed by atoms with van der Waals surface area (Å²) in [4.78, 5) is 31.8. The number of hydrogen-bond donors (Lipinski definition) is 2. The Hall–Kier alpha value is -1.92. The second-order valence-corrected chi connectivity index (χ2v) is 5.00. The SMILES string of the molecule is CN(C)C(=O)CNCc1nc2cc(Cl)ccc2c(=O)[nH]1. The maximum absolute atomic E-state index is 11.9. The third-order valence-electron chi connectivity index (χ3n) is 2.79. The minimum absolute atomic E-state index is 0.0452. The Balaban J connectivity index is 2.15. The van der Waals surface area contributed by atoms with Crippen molar-refractivity contribution < 1.29 is 4.79 Å². The van der Waals surface area contributed by atoms with Crippen molar-refractivity contribution in [1.82, 2.24) is 20.2 Å². The van der Waals surface area contributed by atoms with E-state index in [1.54, 1.807) is 32.3 Å². The summed E-state index contributed by atoms with van der Waals surface area (Å²) < 4.78 is 0. The fourth-order valence-corrected chi connectivity index (χ4v) is 1.86. The first-order valence-corrected chi connectivity index (χ1v) is 6.44. The van der Waals surface area contributed by atoms with Gasteiger partial charge in [-0.15, -0.1) is 0 Å². The standard InChI is InChI=1S/C13H15ClN4O2/c1-18(2)12(19)7-15-6-11-16-10-5-8(14)3-4-9(10)13(20)17-11/h3-5,15H,6-7H2,1-2H3,(H,16,17,20). The number of nitrogens with zero attached hydrogens (tertiary/aromatic N) is 2. The van der Waals surface area contributed by atoms with Crippen LogP contribution >= 0.6 is 11.6 Å². The predicted molar refractivity (Wildman–Crippen MR) is 77.8 cm³/mol. The summed E-state index contributed by atoms with van der Waals surface area (Å²) in [6.45, 7) is 0.488. The summed E-state index contributed by atoms with van der Waals surface area (Å²) in [5.74, 6) is 0.424. The molecule has 0 spiro atoms. The molecule has 7 heteroatoms. The number of H-pyrrole nitrogens is 1. The zero-order valence-corrected chi connectivity index (χ0v) is 12.0. The fraction of sp³-hybridized carbons (Fsp3) is 0.308. The summed E-state index contributed by atoms with van der Waals surface area (Å²) in [7, 11) is 3.37. The molecule has 20 heavy (non-hydrogen) atoms. The molecule has 0 unspecified atom stereocenters. The van der Waals surface area contributed by atoms with E-state index in [4.69, 9.17) is 11.6 Å². The third kappa shape index (κ3) is 3.34. The first-order valence-electron chi connectivity index (χ1n) is 6.06. The number of halogens is 1. The first kappa shape index (κ1) is 14.5.